The number of rotatable bonds is 3. The molecule has 1 aromatic carbocycles. The highest BCUT2D eigenvalue weighted by Crippen LogP contribution is 2.40. The number of amides is 1. The molecule has 1 amide bonds. The Morgan fingerprint density at radius 2 is 1.73 bits per heavy atom. The van der Waals surface area contributed by atoms with E-state index in [0.29, 0.717) is 24.3 Å². The lowest BCUT2D eigenvalue weighted by Crippen LogP contribution is -2.40. The molecule has 2 aliphatic rings. The molecule has 0 aliphatic heterocycles. The third kappa shape index (κ3) is 2.86. The molecule has 6 heteroatoms. The Balaban J connectivity index is 1.64. The van der Waals surface area contributed by atoms with Crippen molar-refractivity contribution >= 4 is 23.1 Å². The highest BCUT2D eigenvalue weighted by molar-refractivity contribution is 5.95. The van der Waals surface area contributed by atoms with Gasteiger partial charge in [-0.25, -0.2) is 0 Å². The fraction of sp³-hybridized carbons (Fsp3) is 0.500. The van der Waals surface area contributed by atoms with Crippen LogP contribution in [0.4, 0.5) is 11.4 Å². The van der Waals surface area contributed by atoms with E-state index in [2.05, 4.69) is 5.32 Å². The van der Waals surface area contributed by atoms with Gasteiger partial charge in [0.25, 0.3) is 5.69 Å². The van der Waals surface area contributed by atoms with E-state index in [0.717, 1.165) is 19.3 Å². The van der Waals surface area contributed by atoms with Gasteiger partial charge in [-0.3, -0.25) is 19.7 Å². The number of fused-ring (bicyclic) bond motifs is 2. The summed E-state index contributed by atoms with van der Waals surface area (Å²) in [5.41, 5.74) is 0.549. The van der Waals surface area contributed by atoms with Crippen LogP contribution in [0.15, 0.2) is 24.3 Å². The minimum absolute atomic E-state index is 0.00389. The zero-order chi connectivity index (χ0) is 15.7. The Labute approximate surface area is 128 Å². The minimum atomic E-state index is -0.473. The fourth-order valence-electron chi connectivity index (χ4n) is 3.60. The van der Waals surface area contributed by atoms with Gasteiger partial charge in [-0.15, -0.1) is 0 Å². The van der Waals surface area contributed by atoms with Crippen molar-refractivity contribution in [1.29, 1.82) is 0 Å². The lowest BCUT2D eigenvalue weighted by atomic mass is 9.67. The second kappa shape index (κ2) is 5.87. The number of hydrogen-bond acceptors (Lipinski definition) is 4. The van der Waals surface area contributed by atoms with E-state index >= 15 is 0 Å². The number of carbonyl (C=O) groups excluding carboxylic acids is 2. The van der Waals surface area contributed by atoms with Crippen molar-refractivity contribution in [3.05, 3.63) is 34.4 Å². The smallest absolute Gasteiger partial charge is 0.269 e. The summed E-state index contributed by atoms with van der Waals surface area (Å²) in [5.74, 6) is 0.201. The number of anilines is 1. The Morgan fingerprint density at radius 3 is 2.27 bits per heavy atom. The molecular formula is C16H18N2O4. The first kappa shape index (κ1) is 14.7. The molecular weight excluding hydrogens is 284 g/mol. The van der Waals surface area contributed by atoms with Crippen LogP contribution < -0.4 is 5.32 Å². The molecule has 3 rings (SSSR count). The number of hydrogen-bond donors (Lipinski definition) is 1. The van der Waals surface area contributed by atoms with Crippen LogP contribution >= 0.6 is 0 Å². The molecule has 1 aromatic rings. The normalized spacial score (nSPS) is 27.3. The van der Waals surface area contributed by atoms with Gasteiger partial charge < -0.3 is 5.32 Å². The van der Waals surface area contributed by atoms with Crippen LogP contribution in [-0.2, 0) is 9.59 Å². The van der Waals surface area contributed by atoms with Gasteiger partial charge >= 0.3 is 0 Å². The molecule has 0 saturated heterocycles. The van der Waals surface area contributed by atoms with Gasteiger partial charge in [0.05, 0.1) is 4.92 Å². The number of nitro benzene ring substituents is 1. The topological polar surface area (TPSA) is 89.3 Å². The molecule has 2 fully saturated rings. The summed E-state index contributed by atoms with van der Waals surface area (Å²) in [6, 6.07) is 5.80. The van der Waals surface area contributed by atoms with Crippen molar-refractivity contribution in [1.82, 2.24) is 0 Å². The SMILES string of the molecule is O=C(Nc1ccc([N+](=O)[O-])cc1)C1CC2CCCC(C1)C2=O. The van der Waals surface area contributed by atoms with Crippen molar-refractivity contribution in [3.63, 3.8) is 0 Å². The molecule has 22 heavy (non-hydrogen) atoms. The zero-order valence-electron chi connectivity index (χ0n) is 12.2. The number of nitrogens with one attached hydrogen (secondary N) is 1. The van der Waals surface area contributed by atoms with Crippen LogP contribution in [0.3, 0.4) is 0 Å². The van der Waals surface area contributed by atoms with Crippen LogP contribution in [0.5, 0.6) is 0 Å². The molecule has 2 aliphatic carbocycles. The van der Waals surface area contributed by atoms with Crippen molar-refractivity contribution < 1.29 is 14.5 Å². The molecule has 0 spiro atoms. The molecule has 6 nitrogen and oxygen atoms in total. The first-order chi connectivity index (χ1) is 10.5. The molecule has 2 saturated carbocycles. The van der Waals surface area contributed by atoms with E-state index in [1.807, 2.05) is 0 Å². The number of Topliss-reactive ketones (excluding diaryl/α,β-unsaturated/α-hetero) is 1. The van der Waals surface area contributed by atoms with Gasteiger partial charge in [-0.1, -0.05) is 6.42 Å². The molecule has 0 radical (unpaired) electrons. The molecule has 0 aromatic heterocycles. The van der Waals surface area contributed by atoms with Crippen molar-refractivity contribution in [3.8, 4) is 0 Å². The number of carbonyl (C=O) groups is 2. The summed E-state index contributed by atoms with van der Waals surface area (Å²) in [7, 11) is 0. The molecule has 116 valence electrons. The molecule has 1 N–H and O–H groups in total. The van der Waals surface area contributed by atoms with Crippen molar-refractivity contribution in [2.75, 3.05) is 5.32 Å². The van der Waals surface area contributed by atoms with Gasteiger partial charge in [-0.2, -0.15) is 0 Å². The van der Waals surface area contributed by atoms with Gasteiger partial charge in [0.2, 0.25) is 5.91 Å². The average molecular weight is 302 g/mol. The van der Waals surface area contributed by atoms with Crippen molar-refractivity contribution in [2.45, 2.75) is 32.1 Å². The van der Waals surface area contributed by atoms with E-state index in [-0.39, 0.29) is 29.3 Å². The third-order valence-corrected chi connectivity index (χ3v) is 4.76. The first-order valence-corrected chi connectivity index (χ1v) is 7.63. The minimum Gasteiger partial charge on any atom is -0.326 e. The van der Waals surface area contributed by atoms with Crippen LogP contribution in [0.2, 0.25) is 0 Å². The van der Waals surface area contributed by atoms with E-state index in [9.17, 15) is 19.7 Å². The van der Waals surface area contributed by atoms with E-state index in [1.54, 1.807) is 0 Å². The molecule has 2 unspecified atom stereocenters. The fourth-order valence-corrected chi connectivity index (χ4v) is 3.60. The van der Waals surface area contributed by atoms with Crippen LogP contribution in [0, 0.1) is 27.9 Å². The summed E-state index contributed by atoms with van der Waals surface area (Å²) in [5, 5.41) is 13.4. The highest BCUT2D eigenvalue weighted by Gasteiger charge is 2.41. The maximum atomic E-state index is 12.4. The Bertz CT molecular complexity index is 595. The molecule has 0 heterocycles. The predicted octanol–water partition coefficient (Wildman–Crippen LogP) is 2.93. The summed E-state index contributed by atoms with van der Waals surface area (Å²) in [6.07, 6.45) is 4.15. The van der Waals surface area contributed by atoms with Crippen molar-refractivity contribution in [2.24, 2.45) is 17.8 Å². The molecule has 2 atom stereocenters. The number of non-ortho nitro benzene ring substituents is 1. The summed E-state index contributed by atoms with van der Waals surface area (Å²) >= 11 is 0. The van der Waals surface area contributed by atoms with Crippen LogP contribution in [0.1, 0.15) is 32.1 Å². The van der Waals surface area contributed by atoms with Gasteiger partial charge in [0, 0.05) is 35.6 Å². The quantitative estimate of drug-likeness (QED) is 0.686. The maximum absolute atomic E-state index is 12.4. The molecule has 2 bridgehead atoms. The van der Waals surface area contributed by atoms with E-state index in [1.165, 1.54) is 24.3 Å². The van der Waals surface area contributed by atoms with E-state index in [4.69, 9.17) is 0 Å². The van der Waals surface area contributed by atoms with Crippen LogP contribution in [-0.4, -0.2) is 16.6 Å². The predicted molar refractivity (Wildman–Crippen MR) is 80.3 cm³/mol. The monoisotopic (exact) mass is 302 g/mol. The maximum Gasteiger partial charge on any atom is 0.269 e. The Kier molecular flexibility index (Phi) is 3.92. The summed E-state index contributed by atoms with van der Waals surface area (Å²) in [6.45, 7) is 0. The van der Waals surface area contributed by atoms with Gasteiger partial charge in [0.15, 0.2) is 0 Å². The van der Waals surface area contributed by atoms with Gasteiger partial charge in [-0.05, 0) is 37.8 Å². The van der Waals surface area contributed by atoms with Gasteiger partial charge in [0.1, 0.15) is 5.78 Å². The summed E-state index contributed by atoms with van der Waals surface area (Å²) in [4.78, 5) is 34.5. The Hall–Kier alpha value is -2.24. The summed E-state index contributed by atoms with van der Waals surface area (Å²) < 4.78 is 0. The highest BCUT2D eigenvalue weighted by atomic mass is 16.6. The third-order valence-electron chi connectivity index (χ3n) is 4.76. The largest absolute Gasteiger partial charge is 0.326 e. The second-order valence-corrected chi connectivity index (χ2v) is 6.19. The van der Waals surface area contributed by atoms with Crippen LogP contribution in [0.25, 0.3) is 0 Å². The first-order valence-electron chi connectivity index (χ1n) is 7.63. The second-order valence-electron chi connectivity index (χ2n) is 6.19. The number of nitro groups is 1. The zero-order valence-corrected chi connectivity index (χ0v) is 12.2. The number of ketones is 1. The lowest BCUT2D eigenvalue weighted by Gasteiger charge is -2.36. The number of benzene rings is 1. The standard InChI is InChI=1S/C16H18N2O4/c19-15-10-2-1-3-11(15)9-12(8-10)16(20)17-13-4-6-14(7-5-13)18(21)22/h4-7,10-12H,1-3,8-9H2,(H,17,20). The Morgan fingerprint density at radius 1 is 1.14 bits per heavy atom. The lowest BCUT2D eigenvalue weighted by molar-refractivity contribution is -0.384. The number of nitrogens with zero attached hydrogens (tertiary/aromatic N) is 1. The average Bonchev–Trinajstić information content (AvgIpc) is 2.47. The van der Waals surface area contributed by atoms with E-state index < -0.39 is 4.92 Å².